The zero-order chi connectivity index (χ0) is 19.5. The fraction of sp³-hybridized carbons (Fsp3) is 0.333. The topological polar surface area (TPSA) is 80.5 Å². The molecule has 0 radical (unpaired) electrons. The first-order valence-corrected chi connectivity index (χ1v) is 10.3. The Labute approximate surface area is 168 Å². The fourth-order valence-electron chi connectivity index (χ4n) is 3.28. The molecule has 7 heteroatoms. The number of aryl methyl sites for hydroxylation is 1. The number of carbonyl (C=O) groups excluding carboxylic acids is 1. The number of nitrogens with two attached hydrogens (primary N) is 1. The molecule has 146 valence electrons. The summed E-state index contributed by atoms with van der Waals surface area (Å²) in [7, 11) is 0. The van der Waals surface area contributed by atoms with Gasteiger partial charge < -0.3 is 15.8 Å². The number of morpholine rings is 1. The average molecular weight is 397 g/mol. The Morgan fingerprint density at radius 1 is 1.21 bits per heavy atom. The SMILES string of the molecule is Cc1ccc(-c2ccc3c(N)c(C(=O)NCCN4CCOCC4)sc3n2)cc1. The molecular formula is C21H24N4O2S. The Morgan fingerprint density at radius 3 is 2.71 bits per heavy atom. The number of pyridine rings is 1. The standard InChI is InChI=1S/C21H24N4O2S/c1-14-2-4-15(5-3-14)17-7-6-16-18(22)19(28-21(16)24-17)20(26)23-8-9-25-10-12-27-13-11-25/h2-7H,8-13,22H2,1H3,(H,23,26). The molecule has 1 fully saturated rings. The van der Waals surface area contributed by atoms with Crippen molar-refractivity contribution >= 4 is 33.1 Å². The number of nitrogen functional groups attached to an aromatic ring is 1. The number of fused-ring (bicyclic) bond motifs is 1. The van der Waals surface area contributed by atoms with Gasteiger partial charge in [-0.25, -0.2) is 4.98 Å². The second-order valence-corrected chi connectivity index (χ2v) is 7.97. The van der Waals surface area contributed by atoms with Gasteiger partial charge in [0.25, 0.3) is 5.91 Å². The second kappa shape index (κ2) is 8.26. The van der Waals surface area contributed by atoms with E-state index < -0.39 is 0 Å². The Kier molecular flexibility index (Phi) is 5.57. The van der Waals surface area contributed by atoms with E-state index in [2.05, 4.69) is 41.4 Å². The number of hydrogen-bond acceptors (Lipinski definition) is 6. The molecule has 6 nitrogen and oxygen atoms in total. The fourth-order valence-corrected chi connectivity index (χ4v) is 4.29. The molecule has 0 atom stereocenters. The van der Waals surface area contributed by atoms with E-state index in [-0.39, 0.29) is 5.91 Å². The molecule has 0 saturated carbocycles. The molecule has 3 N–H and O–H groups in total. The number of hydrogen-bond donors (Lipinski definition) is 2. The highest BCUT2D eigenvalue weighted by molar-refractivity contribution is 7.21. The van der Waals surface area contributed by atoms with Crippen LogP contribution < -0.4 is 11.1 Å². The summed E-state index contributed by atoms with van der Waals surface area (Å²) in [6, 6.07) is 12.2. The highest BCUT2D eigenvalue weighted by Crippen LogP contribution is 2.34. The number of thiophene rings is 1. The van der Waals surface area contributed by atoms with E-state index in [1.54, 1.807) is 0 Å². The van der Waals surface area contributed by atoms with Crippen molar-refractivity contribution < 1.29 is 9.53 Å². The Hall–Kier alpha value is -2.48. The summed E-state index contributed by atoms with van der Waals surface area (Å²) in [5.41, 5.74) is 9.90. The molecular weight excluding hydrogens is 372 g/mol. The molecule has 0 unspecified atom stereocenters. The van der Waals surface area contributed by atoms with E-state index in [9.17, 15) is 4.79 Å². The van der Waals surface area contributed by atoms with Crippen LogP contribution in [0.5, 0.6) is 0 Å². The van der Waals surface area contributed by atoms with Crippen LogP contribution >= 0.6 is 11.3 Å². The molecule has 3 aromatic rings. The number of ether oxygens (including phenoxy) is 1. The van der Waals surface area contributed by atoms with Crippen molar-refractivity contribution in [2.75, 3.05) is 45.1 Å². The number of nitrogens with one attached hydrogen (secondary N) is 1. The normalized spacial score (nSPS) is 15.0. The van der Waals surface area contributed by atoms with E-state index in [0.717, 1.165) is 54.3 Å². The molecule has 28 heavy (non-hydrogen) atoms. The van der Waals surface area contributed by atoms with Gasteiger partial charge in [0.1, 0.15) is 9.71 Å². The van der Waals surface area contributed by atoms with E-state index in [0.29, 0.717) is 17.1 Å². The zero-order valence-corrected chi connectivity index (χ0v) is 16.7. The lowest BCUT2D eigenvalue weighted by Gasteiger charge is -2.26. The quantitative estimate of drug-likeness (QED) is 0.693. The van der Waals surface area contributed by atoms with Gasteiger partial charge in [-0.2, -0.15) is 0 Å². The van der Waals surface area contributed by atoms with Crippen LogP contribution in [-0.4, -0.2) is 55.2 Å². The van der Waals surface area contributed by atoms with Crippen molar-refractivity contribution in [3.05, 3.63) is 46.8 Å². The number of aromatic nitrogens is 1. The summed E-state index contributed by atoms with van der Waals surface area (Å²) in [5.74, 6) is -0.134. The second-order valence-electron chi connectivity index (χ2n) is 6.97. The minimum absolute atomic E-state index is 0.134. The lowest BCUT2D eigenvalue weighted by atomic mass is 10.1. The summed E-state index contributed by atoms with van der Waals surface area (Å²) in [6.07, 6.45) is 0. The largest absolute Gasteiger partial charge is 0.397 e. The maximum absolute atomic E-state index is 12.6. The van der Waals surface area contributed by atoms with Gasteiger partial charge in [-0.15, -0.1) is 11.3 Å². The van der Waals surface area contributed by atoms with Crippen molar-refractivity contribution in [3.63, 3.8) is 0 Å². The van der Waals surface area contributed by atoms with Crippen LogP contribution in [0.3, 0.4) is 0 Å². The molecule has 1 aromatic carbocycles. The summed E-state index contributed by atoms with van der Waals surface area (Å²) in [4.78, 5) is 21.0. The number of nitrogens with zero attached hydrogens (tertiary/aromatic N) is 2. The Bertz CT molecular complexity index is 978. The Balaban J connectivity index is 1.48. The number of benzene rings is 1. The molecule has 4 rings (SSSR count). The summed E-state index contributed by atoms with van der Waals surface area (Å²) in [6.45, 7) is 6.80. The monoisotopic (exact) mass is 396 g/mol. The van der Waals surface area contributed by atoms with Gasteiger partial charge >= 0.3 is 0 Å². The number of anilines is 1. The first-order chi connectivity index (χ1) is 13.6. The third-order valence-corrected chi connectivity index (χ3v) is 6.08. The van der Waals surface area contributed by atoms with Crippen LogP contribution in [0, 0.1) is 6.92 Å². The van der Waals surface area contributed by atoms with Gasteiger partial charge in [0, 0.05) is 37.1 Å². The number of amides is 1. The molecule has 2 aromatic heterocycles. The van der Waals surface area contributed by atoms with Crippen molar-refractivity contribution in [2.24, 2.45) is 0 Å². The van der Waals surface area contributed by atoms with Gasteiger partial charge in [-0.3, -0.25) is 9.69 Å². The summed E-state index contributed by atoms with van der Waals surface area (Å²) in [5, 5.41) is 3.81. The van der Waals surface area contributed by atoms with Crippen LogP contribution in [0.25, 0.3) is 21.5 Å². The third-order valence-electron chi connectivity index (χ3n) is 4.96. The minimum atomic E-state index is -0.134. The van der Waals surface area contributed by atoms with Crippen molar-refractivity contribution in [3.8, 4) is 11.3 Å². The van der Waals surface area contributed by atoms with E-state index in [1.807, 2.05) is 12.1 Å². The van der Waals surface area contributed by atoms with Gasteiger partial charge in [0.15, 0.2) is 0 Å². The molecule has 1 saturated heterocycles. The van der Waals surface area contributed by atoms with Crippen molar-refractivity contribution in [1.82, 2.24) is 15.2 Å². The molecule has 3 heterocycles. The number of carbonyl (C=O) groups is 1. The first-order valence-electron chi connectivity index (χ1n) is 9.46. The molecule has 1 aliphatic rings. The van der Waals surface area contributed by atoms with Crippen molar-refractivity contribution in [1.29, 1.82) is 0 Å². The number of rotatable bonds is 5. The Morgan fingerprint density at radius 2 is 1.96 bits per heavy atom. The molecule has 0 aliphatic carbocycles. The van der Waals surface area contributed by atoms with Crippen LogP contribution in [0.4, 0.5) is 5.69 Å². The van der Waals surface area contributed by atoms with Crippen LogP contribution in [0.1, 0.15) is 15.2 Å². The maximum atomic E-state index is 12.6. The van der Waals surface area contributed by atoms with Crippen LogP contribution in [-0.2, 0) is 4.74 Å². The summed E-state index contributed by atoms with van der Waals surface area (Å²) < 4.78 is 5.34. The molecule has 0 spiro atoms. The van der Waals surface area contributed by atoms with Gasteiger partial charge in [-0.05, 0) is 19.1 Å². The lowest BCUT2D eigenvalue weighted by Crippen LogP contribution is -2.41. The van der Waals surface area contributed by atoms with E-state index in [1.165, 1.54) is 16.9 Å². The predicted molar refractivity (Wildman–Crippen MR) is 114 cm³/mol. The van der Waals surface area contributed by atoms with Crippen molar-refractivity contribution in [2.45, 2.75) is 6.92 Å². The predicted octanol–water partition coefficient (Wildman–Crippen LogP) is 2.92. The van der Waals surface area contributed by atoms with E-state index in [4.69, 9.17) is 15.5 Å². The highest BCUT2D eigenvalue weighted by Gasteiger charge is 2.18. The highest BCUT2D eigenvalue weighted by atomic mass is 32.1. The van der Waals surface area contributed by atoms with Gasteiger partial charge in [0.05, 0.1) is 24.6 Å². The average Bonchev–Trinajstić information content (AvgIpc) is 3.05. The maximum Gasteiger partial charge on any atom is 0.263 e. The molecule has 1 amide bonds. The van der Waals surface area contributed by atoms with E-state index >= 15 is 0 Å². The molecule has 0 bridgehead atoms. The van der Waals surface area contributed by atoms with Gasteiger partial charge in [0.2, 0.25) is 0 Å². The lowest BCUT2D eigenvalue weighted by molar-refractivity contribution is 0.0383. The smallest absolute Gasteiger partial charge is 0.263 e. The minimum Gasteiger partial charge on any atom is -0.397 e. The van der Waals surface area contributed by atoms with Crippen LogP contribution in [0.15, 0.2) is 36.4 Å². The first kappa shape index (κ1) is 18.9. The zero-order valence-electron chi connectivity index (χ0n) is 15.9. The molecule has 1 aliphatic heterocycles. The third kappa shape index (κ3) is 4.01. The van der Waals surface area contributed by atoms with Gasteiger partial charge in [-0.1, -0.05) is 29.8 Å². The van der Waals surface area contributed by atoms with Crippen LogP contribution in [0.2, 0.25) is 0 Å². The summed E-state index contributed by atoms with van der Waals surface area (Å²) >= 11 is 1.35.